The summed E-state index contributed by atoms with van der Waals surface area (Å²) in [5, 5.41) is 10.9. The summed E-state index contributed by atoms with van der Waals surface area (Å²) < 4.78 is 29.5. The number of hydrogen-bond donors (Lipinski definition) is 0. The first-order chi connectivity index (χ1) is 11.0. The quantitative estimate of drug-likeness (QED) is 0.587. The highest BCUT2D eigenvalue weighted by atomic mass is 35.5. The van der Waals surface area contributed by atoms with Gasteiger partial charge in [0.05, 0.1) is 30.8 Å². The van der Waals surface area contributed by atoms with E-state index in [2.05, 4.69) is 0 Å². The van der Waals surface area contributed by atoms with Crippen molar-refractivity contribution in [1.29, 1.82) is 0 Å². The van der Waals surface area contributed by atoms with E-state index in [4.69, 9.17) is 25.8 Å². The smallest absolute Gasteiger partial charge is 0.291 e. The van der Waals surface area contributed by atoms with Gasteiger partial charge in [0, 0.05) is 6.07 Å². The second kappa shape index (κ2) is 7.15. The molecule has 0 aromatic heterocycles. The van der Waals surface area contributed by atoms with Gasteiger partial charge in [0.15, 0.2) is 11.5 Å². The monoisotopic (exact) mass is 341 g/mol. The van der Waals surface area contributed by atoms with Crippen LogP contribution >= 0.6 is 11.6 Å². The minimum absolute atomic E-state index is 0.0777. The summed E-state index contributed by atoms with van der Waals surface area (Å²) in [5.74, 6) is 0.0871. The molecule has 0 heterocycles. The highest BCUT2D eigenvalue weighted by Gasteiger charge is 2.19. The number of nitro groups is 1. The molecule has 0 aliphatic carbocycles. The van der Waals surface area contributed by atoms with E-state index in [1.807, 2.05) is 0 Å². The third kappa shape index (κ3) is 3.62. The molecule has 0 amide bonds. The Hall–Kier alpha value is -2.54. The van der Waals surface area contributed by atoms with Crippen molar-refractivity contribution >= 4 is 17.3 Å². The highest BCUT2D eigenvalue weighted by molar-refractivity contribution is 6.32. The van der Waals surface area contributed by atoms with Crippen LogP contribution in [-0.4, -0.2) is 19.1 Å². The van der Waals surface area contributed by atoms with Crippen LogP contribution in [0.3, 0.4) is 0 Å². The molecule has 2 aromatic carbocycles. The van der Waals surface area contributed by atoms with Gasteiger partial charge in [-0.25, -0.2) is 4.39 Å². The number of methoxy groups -OCH3 is 2. The van der Waals surface area contributed by atoms with E-state index in [-0.39, 0.29) is 34.4 Å². The standard InChI is InChI=1S/C15H13ClFNO5/c1-21-13-5-3-4-11(17)9(13)8-23-15-7-12(18(19)20)10(16)6-14(15)22-2/h3-7H,8H2,1-2H3. The second-order valence-corrected chi connectivity index (χ2v) is 4.83. The van der Waals surface area contributed by atoms with E-state index in [0.29, 0.717) is 5.75 Å². The Kier molecular flexibility index (Phi) is 5.23. The van der Waals surface area contributed by atoms with Gasteiger partial charge in [-0.3, -0.25) is 10.1 Å². The van der Waals surface area contributed by atoms with Crippen molar-refractivity contribution < 1.29 is 23.5 Å². The van der Waals surface area contributed by atoms with Crippen molar-refractivity contribution in [2.75, 3.05) is 14.2 Å². The van der Waals surface area contributed by atoms with Crippen molar-refractivity contribution in [3.8, 4) is 17.2 Å². The number of nitro benzene ring substituents is 1. The largest absolute Gasteiger partial charge is 0.496 e. The molecule has 0 saturated heterocycles. The number of hydrogen-bond acceptors (Lipinski definition) is 5. The van der Waals surface area contributed by atoms with E-state index < -0.39 is 10.7 Å². The molecular weight excluding hydrogens is 329 g/mol. The molecule has 0 spiro atoms. The van der Waals surface area contributed by atoms with E-state index in [1.54, 1.807) is 6.07 Å². The molecule has 0 unspecified atom stereocenters. The first-order valence-corrected chi connectivity index (χ1v) is 6.81. The molecular formula is C15H13ClFNO5. The normalized spacial score (nSPS) is 10.3. The van der Waals surface area contributed by atoms with Gasteiger partial charge in [0.25, 0.3) is 5.69 Å². The Bertz CT molecular complexity index is 738. The lowest BCUT2D eigenvalue weighted by molar-refractivity contribution is -0.384. The molecule has 0 fully saturated rings. The zero-order valence-electron chi connectivity index (χ0n) is 12.3. The summed E-state index contributed by atoms with van der Waals surface area (Å²) >= 11 is 5.81. The predicted octanol–water partition coefficient (Wildman–Crippen LogP) is 3.98. The predicted molar refractivity (Wildman–Crippen MR) is 81.9 cm³/mol. The first kappa shape index (κ1) is 16.8. The Morgan fingerprint density at radius 2 is 1.87 bits per heavy atom. The summed E-state index contributed by atoms with van der Waals surface area (Å²) in [5.41, 5.74) is -0.141. The van der Waals surface area contributed by atoms with Crippen molar-refractivity contribution in [2.45, 2.75) is 6.61 Å². The van der Waals surface area contributed by atoms with Crippen LogP contribution in [0, 0.1) is 15.9 Å². The Balaban J connectivity index is 2.34. The fraction of sp³-hybridized carbons (Fsp3) is 0.200. The van der Waals surface area contributed by atoms with Crippen LogP contribution in [0.2, 0.25) is 5.02 Å². The van der Waals surface area contributed by atoms with Crippen molar-refractivity contribution in [2.24, 2.45) is 0 Å². The maximum atomic E-state index is 13.9. The average Bonchev–Trinajstić information content (AvgIpc) is 2.53. The van der Waals surface area contributed by atoms with Crippen LogP contribution in [0.25, 0.3) is 0 Å². The second-order valence-electron chi connectivity index (χ2n) is 4.42. The van der Waals surface area contributed by atoms with E-state index >= 15 is 0 Å². The number of nitrogens with zero attached hydrogens (tertiary/aromatic N) is 1. The Morgan fingerprint density at radius 3 is 2.48 bits per heavy atom. The van der Waals surface area contributed by atoms with Gasteiger partial charge in [-0.2, -0.15) is 0 Å². The first-order valence-electron chi connectivity index (χ1n) is 6.44. The Morgan fingerprint density at radius 1 is 1.17 bits per heavy atom. The molecule has 0 radical (unpaired) electrons. The van der Waals surface area contributed by atoms with Crippen LogP contribution in [0.5, 0.6) is 17.2 Å². The van der Waals surface area contributed by atoms with Gasteiger partial charge in [0.2, 0.25) is 0 Å². The van der Waals surface area contributed by atoms with Crippen LogP contribution in [-0.2, 0) is 6.61 Å². The Labute approximate surface area is 136 Å². The number of benzene rings is 2. The highest BCUT2D eigenvalue weighted by Crippen LogP contribution is 2.38. The van der Waals surface area contributed by atoms with E-state index in [0.717, 1.165) is 6.07 Å². The van der Waals surface area contributed by atoms with Crippen molar-refractivity contribution in [3.63, 3.8) is 0 Å². The molecule has 0 saturated carbocycles. The SMILES string of the molecule is COc1cc(Cl)c([N+](=O)[O-])cc1OCc1c(F)cccc1OC. The maximum absolute atomic E-state index is 13.9. The summed E-state index contributed by atoms with van der Waals surface area (Å²) in [6, 6.07) is 6.76. The van der Waals surface area contributed by atoms with Gasteiger partial charge in [-0.1, -0.05) is 17.7 Å². The maximum Gasteiger partial charge on any atom is 0.291 e. The molecule has 2 rings (SSSR count). The fourth-order valence-corrected chi connectivity index (χ4v) is 2.18. The van der Waals surface area contributed by atoms with Crippen LogP contribution in [0.15, 0.2) is 30.3 Å². The van der Waals surface area contributed by atoms with Gasteiger partial charge >= 0.3 is 0 Å². The zero-order chi connectivity index (χ0) is 17.0. The topological polar surface area (TPSA) is 70.8 Å². The summed E-state index contributed by atoms with van der Waals surface area (Å²) in [4.78, 5) is 10.3. The number of ether oxygens (including phenoxy) is 3. The van der Waals surface area contributed by atoms with Gasteiger partial charge in [-0.15, -0.1) is 0 Å². The molecule has 2 aromatic rings. The van der Waals surface area contributed by atoms with Crippen molar-refractivity contribution in [1.82, 2.24) is 0 Å². The van der Waals surface area contributed by atoms with E-state index in [9.17, 15) is 14.5 Å². The summed E-state index contributed by atoms with van der Waals surface area (Å²) in [6.45, 7) is -0.189. The average molecular weight is 342 g/mol. The van der Waals surface area contributed by atoms with Crippen LogP contribution in [0.1, 0.15) is 5.56 Å². The summed E-state index contributed by atoms with van der Waals surface area (Å²) in [6.07, 6.45) is 0. The third-order valence-electron chi connectivity index (χ3n) is 3.10. The summed E-state index contributed by atoms with van der Waals surface area (Å²) in [7, 11) is 2.78. The van der Waals surface area contributed by atoms with Gasteiger partial charge in [-0.05, 0) is 12.1 Å². The van der Waals surface area contributed by atoms with Gasteiger partial charge < -0.3 is 14.2 Å². The van der Waals surface area contributed by atoms with Crippen LogP contribution < -0.4 is 14.2 Å². The van der Waals surface area contributed by atoms with E-state index in [1.165, 1.54) is 32.4 Å². The molecule has 0 atom stereocenters. The van der Waals surface area contributed by atoms with Crippen LogP contribution in [0.4, 0.5) is 10.1 Å². The molecule has 6 nitrogen and oxygen atoms in total. The minimum atomic E-state index is -0.641. The molecule has 0 N–H and O–H groups in total. The molecule has 0 bridgehead atoms. The lowest BCUT2D eigenvalue weighted by atomic mass is 10.2. The lowest BCUT2D eigenvalue weighted by Gasteiger charge is -2.13. The molecule has 8 heteroatoms. The molecule has 0 aliphatic heterocycles. The molecule has 23 heavy (non-hydrogen) atoms. The van der Waals surface area contributed by atoms with Crippen molar-refractivity contribution in [3.05, 3.63) is 56.8 Å². The lowest BCUT2D eigenvalue weighted by Crippen LogP contribution is -2.03. The third-order valence-corrected chi connectivity index (χ3v) is 3.40. The number of halogens is 2. The molecule has 122 valence electrons. The van der Waals surface area contributed by atoms with Gasteiger partial charge in [0.1, 0.15) is 23.2 Å². The molecule has 0 aliphatic rings. The minimum Gasteiger partial charge on any atom is -0.496 e. The number of rotatable bonds is 6. The fourth-order valence-electron chi connectivity index (χ4n) is 1.96. The zero-order valence-corrected chi connectivity index (χ0v) is 13.1.